The summed E-state index contributed by atoms with van der Waals surface area (Å²) in [6.07, 6.45) is 7.15. The first kappa shape index (κ1) is 16.2. The Morgan fingerprint density at radius 2 is 2.09 bits per heavy atom. The zero-order valence-electron chi connectivity index (χ0n) is 13.7. The highest BCUT2D eigenvalue weighted by Crippen LogP contribution is 2.23. The highest BCUT2D eigenvalue weighted by atomic mass is 15.1. The molecule has 1 aliphatic rings. The van der Waals surface area contributed by atoms with Crippen molar-refractivity contribution in [1.82, 2.24) is 10.2 Å². The highest BCUT2D eigenvalue weighted by Gasteiger charge is 2.12. The van der Waals surface area contributed by atoms with Crippen molar-refractivity contribution in [3.05, 3.63) is 78.0 Å². The molecular formula is C20H26N2. The van der Waals surface area contributed by atoms with Crippen molar-refractivity contribution in [3.63, 3.8) is 0 Å². The molecule has 0 radical (unpaired) electrons. The van der Waals surface area contributed by atoms with Crippen molar-refractivity contribution < 1.29 is 0 Å². The molecule has 1 aliphatic heterocycles. The minimum Gasteiger partial charge on any atom is -0.381 e. The van der Waals surface area contributed by atoms with E-state index in [4.69, 9.17) is 0 Å². The fraction of sp³-hybridized carbons (Fsp3) is 0.300. The van der Waals surface area contributed by atoms with E-state index in [1.54, 1.807) is 0 Å². The number of hydrogen-bond acceptors (Lipinski definition) is 2. The molecule has 2 nitrogen and oxygen atoms in total. The zero-order valence-corrected chi connectivity index (χ0v) is 13.7. The Morgan fingerprint density at radius 3 is 2.73 bits per heavy atom. The summed E-state index contributed by atoms with van der Waals surface area (Å²) < 4.78 is 0. The van der Waals surface area contributed by atoms with Crippen molar-refractivity contribution in [2.24, 2.45) is 0 Å². The smallest absolute Gasteiger partial charge is 0.0419 e. The molecule has 0 atom stereocenters. The standard InChI is InChI=1S/C20H26N2/c1-5-13-22(6-2)17(4)14-18-9-7-8-10-19(18)20-12-11-16(3)15-21-20/h5,7-12,21H,1,4,6,13-15H2,2-3H3. The normalized spacial score (nSPS) is 13.7. The van der Waals surface area contributed by atoms with Gasteiger partial charge in [0.15, 0.2) is 0 Å². The van der Waals surface area contributed by atoms with Gasteiger partial charge in [-0.15, -0.1) is 6.58 Å². The molecule has 0 fully saturated rings. The number of benzene rings is 1. The summed E-state index contributed by atoms with van der Waals surface area (Å²) >= 11 is 0. The van der Waals surface area contributed by atoms with Crippen LogP contribution in [0.4, 0.5) is 0 Å². The van der Waals surface area contributed by atoms with Crippen molar-refractivity contribution in [2.75, 3.05) is 19.6 Å². The summed E-state index contributed by atoms with van der Waals surface area (Å²) in [6.45, 7) is 15.1. The molecule has 1 aromatic rings. The van der Waals surface area contributed by atoms with Gasteiger partial charge in [-0.2, -0.15) is 0 Å². The van der Waals surface area contributed by atoms with Gasteiger partial charge in [0.2, 0.25) is 0 Å². The molecule has 2 rings (SSSR count). The van der Waals surface area contributed by atoms with Gasteiger partial charge in [0.05, 0.1) is 0 Å². The largest absolute Gasteiger partial charge is 0.381 e. The van der Waals surface area contributed by atoms with Gasteiger partial charge in [0.25, 0.3) is 0 Å². The molecular weight excluding hydrogens is 268 g/mol. The Hall–Kier alpha value is -2.22. The van der Waals surface area contributed by atoms with Crippen molar-refractivity contribution in [3.8, 4) is 0 Å². The van der Waals surface area contributed by atoms with E-state index in [0.29, 0.717) is 0 Å². The maximum Gasteiger partial charge on any atom is 0.0419 e. The molecule has 116 valence electrons. The first-order chi connectivity index (χ1) is 10.7. The molecule has 0 unspecified atom stereocenters. The second kappa shape index (κ2) is 7.69. The molecule has 0 spiro atoms. The SMILES string of the molecule is C=CCN(CC)C(=C)Cc1ccccc1C1=CC=C(C)CN1. The van der Waals surface area contributed by atoms with Gasteiger partial charge < -0.3 is 10.2 Å². The van der Waals surface area contributed by atoms with Gasteiger partial charge >= 0.3 is 0 Å². The first-order valence-corrected chi connectivity index (χ1v) is 7.89. The summed E-state index contributed by atoms with van der Waals surface area (Å²) in [5, 5.41) is 3.50. The molecule has 1 N–H and O–H groups in total. The van der Waals surface area contributed by atoms with E-state index in [1.807, 2.05) is 6.08 Å². The summed E-state index contributed by atoms with van der Waals surface area (Å²) in [4.78, 5) is 2.26. The molecule has 2 heteroatoms. The van der Waals surface area contributed by atoms with E-state index in [9.17, 15) is 0 Å². The van der Waals surface area contributed by atoms with Crippen LogP contribution in [0, 0.1) is 0 Å². The maximum atomic E-state index is 4.26. The topological polar surface area (TPSA) is 15.3 Å². The lowest BCUT2D eigenvalue weighted by atomic mass is 9.98. The van der Waals surface area contributed by atoms with E-state index < -0.39 is 0 Å². The Labute approximate surface area is 134 Å². The molecule has 0 bridgehead atoms. The van der Waals surface area contributed by atoms with Crippen LogP contribution in [0.2, 0.25) is 0 Å². The monoisotopic (exact) mass is 294 g/mol. The second-order valence-corrected chi connectivity index (χ2v) is 5.67. The van der Waals surface area contributed by atoms with Crippen molar-refractivity contribution >= 4 is 5.70 Å². The average Bonchev–Trinajstić information content (AvgIpc) is 2.54. The van der Waals surface area contributed by atoms with E-state index >= 15 is 0 Å². The molecule has 0 saturated heterocycles. The van der Waals surface area contributed by atoms with Gasteiger partial charge in [0, 0.05) is 43.0 Å². The second-order valence-electron chi connectivity index (χ2n) is 5.67. The molecule has 1 aromatic carbocycles. The van der Waals surface area contributed by atoms with E-state index in [0.717, 1.165) is 31.8 Å². The van der Waals surface area contributed by atoms with Crippen LogP contribution in [0.25, 0.3) is 5.70 Å². The molecule has 0 saturated carbocycles. The van der Waals surface area contributed by atoms with E-state index in [-0.39, 0.29) is 0 Å². The minimum absolute atomic E-state index is 0.848. The van der Waals surface area contributed by atoms with Crippen LogP contribution in [0.3, 0.4) is 0 Å². The van der Waals surface area contributed by atoms with Crippen LogP contribution < -0.4 is 5.32 Å². The van der Waals surface area contributed by atoms with E-state index in [1.165, 1.54) is 22.4 Å². The van der Waals surface area contributed by atoms with Crippen molar-refractivity contribution in [2.45, 2.75) is 20.3 Å². The lowest BCUT2D eigenvalue weighted by molar-refractivity contribution is 0.394. The quantitative estimate of drug-likeness (QED) is 0.760. The number of hydrogen-bond donors (Lipinski definition) is 1. The predicted molar refractivity (Wildman–Crippen MR) is 96.5 cm³/mol. The summed E-state index contributed by atoms with van der Waals surface area (Å²) in [5.41, 5.74) is 6.26. The van der Waals surface area contributed by atoms with Crippen LogP contribution in [0.5, 0.6) is 0 Å². The fourth-order valence-corrected chi connectivity index (χ4v) is 2.67. The first-order valence-electron chi connectivity index (χ1n) is 7.89. The Kier molecular flexibility index (Phi) is 5.65. The van der Waals surface area contributed by atoms with Gasteiger partial charge in [-0.3, -0.25) is 0 Å². The maximum absolute atomic E-state index is 4.26. The van der Waals surface area contributed by atoms with Crippen LogP contribution in [-0.2, 0) is 6.42 Å². The van der Waals surface area contributed by atoms with Crippen LogP contribution in [0.15, 0.2) is 66.9 Å². The average molecular weight is 294 g/mol. The summed E-state index contributed by atoms with van der Waals surface area (Å²) in [5.74, 6) is 0. The number of dihydropyridines is 1. The van der Waals surface area contributed by atoms with Gasteiger partial charge in [-0.1, -0.05) is 48.6 Å². The lowest BCUT2D eigenvalue weighted by Crippen LogP contribution is -2.24. The number of nitrogens with zero attached hydrogens (tertiary/aromatic N) is 1. The fourth-order valence-electron chi connectivity index (χ4n) is 2.67. The van der Waals surface area contributed by atoms with E-state index in [2.05, 4.69) is 73.6 Å². The summed E-state index contributed by atoms with van der Waals surface area (Å²) in [7, 11) is 0. The minimum atomic E-state index is 0.848. The van der Waals surface area contributed by atoms with Crippen molar-refractivity contribution in [1.29, 1.82) is 0 Å². The molecule has 1 heterocycles. The Bertz CT molecular complexity index is 608. The van der Waals surface area contributed by atoms with Gasteiger partial charge in [-0.05, 0) is 25.5 Å². The van der Waals surface area contributed by atoms with Gasteiger partial charge in [0.1, 0.15) is 0 Å². The zero-order chi connectivity index (χ0) is 15.9. The van der Waals surface area contributed by atoms with Crippen LogP contribution in [0.1, 0.15) is 25.0 Å². The van der Waals surface area contributed by atoms with Crippen LogP contribution in [-0.4, -0.2) is 24.5 Å². The lowest BCUT2D eigenvalue weighted by Gasteiger charge is -2.25. The molecule has 22 heavy (non-hydrogen) atoms. The molecule has 0 aliphatic carbocycles. The number of rotatable bonds is 7. The number of nitrogens with one attached hydrogen (secondary N) is 1. The number of likely N-dealkylation sites (N-methyl/N-ethyl adjacent to an activating group) is 1. The number of allylic oxidation sites excluding steroid dienone is 3. The van der Waals surface area contributed by atoms with Gasteiger partial charge in [-0.25, -0.2) is 0 Å². The molecule has 0 aromatic heterocycles. The Balaban J connectivity index is 2.22. The molecule has 0 amide bonds. The predicted octanol–water partition coefficient (Wildman–Crippen LogP) is 4.14. The third-order valence-electron chi connectivity index (χ3n) is 3.97. The van der Waals surface area contributed by atoms with Crippen LogP contribution >= 0.6 is 0 Å². The Morgan fingerprint density at radius 1 is 1.32 bits per heavy atom. The third kappa shape index (κ3) is 3.91. The third-order valence-corrected chi connectivity index (χ3v) is 3.97. The highest BCUT2D eigenvalue weighted by molar-refractivity contribution is 5.70. The summed E-state index contributed by atoms with van der Waals surface area (Å²) in [6, 6.07) is 8.56.